The summed E-state index contributed by atoms with van der Waals surface area (Å²) in [4.78, 5) is 21.6. The van der Waals surface area contributed by atoms with Gasteiger partial charge in [0, 0.05) is 5.69 Å². The van der Waals surface area contributed by atoms with Gasteiger partial charge in [0.15, 0.2) is 10.6 Å². The quantitative estimate of drug-likeness (QED) is 0.680. The summed E-state index contributed by atoms with van der Waals surface area (Å²) in [7, 11) is 1.57. The molecule has 5 heteroatoms. The van der Waals surface area contributed by atoms with Crippen molar-refractivity contribution in [2.45, 2.75) is 11.8 Å². The minimum absolute atomic E-state index is 0.231. The number of halogens is 1. The molecular weight excluding hydrogens is 274 g/mol. The Balaban J connectivity index is 2.66. The van der Waals surface area contributed by atoms with E-state index in [1.807, 2.05) is 0 Å². The number of nitrogens with one attached hydrogen (secondary N) is 1. The van der Waals surface area contributed by atoms with Crippen molar-refractivity contribution in [3.8, 4) is 5.75 Å². The second kappa shape index (κ2) is 5.65. The standard InChI is InChI=1S/C11H12BrNO3/c1-7(14)10(12)11(15)13-8-3-5-9(16-2)6-4-8/h3-6,10H,1-2H3,(H,13,15)/t10-/m1/s1. The van der Waals surface area contributed by atoms with Crippen molar-refractivity contribution >= 4 is 33.3 Å². The van der Waals surface area contributed by atoms with E-state index in [0.29, 0.717) is 11.4 Å². The summed E-state index contributed by atoms with van der Waals surface area (Å²) in [5.74, 6) is 0.101. The zero-order valence-electron chi connectivity index (χ0n) is 8.99. The first-order chi connectivity index (χ1) is 7.54. The molecule has 4 nitrogen and oxygen atoms in total. The molecule has 0 radical (unpaired) electrons. The molecule has 1 aromatic rings. The molecule has 0 aliphatic heterocycles. The van der Waals surface area contributed by atoms with Crippen LogP contribution in [0, 0.1) is 0 Å². The van der Waals surface area contributed by atoms with Crippen LogP contribution in [-0.4, -0.2) is 23.6 Å². The Kier molecular flexibility index (Phi) is 4.49. The van der Waals surface area contributed by atoms with Gasteiger partial charge in [-0.1, -0.05) is 15.9 Å². The van der Waals surface area contributed by atoms with Crippen molar-refractivity contribution in [2.24, 2.45) is 0 Å². The van der Waals surface area contributed by atoms with Crippen LogP contribution >= 0.6 is 15.9 Å². The van der Waals surface area contributed by atoms with Crippen LogP contribution in [0.25, 0.3) is 0 Å². The second-order valence-electron chi connectivity index (χ2n) is 3.19. The Morgan fingerprint density at radius 3 is 2.31 bits per heavy atom. The number of methoxy groups -OCH3 is 1. The molecule has 1 aromatic carbocycles. The molecule has 0 aromatic heterocycles. The Morgan fingerprint density at radius 1 is 1.31 bits per heavy atom. The number of Topliss-reactive ketones (excluding diaryl/α,β-unsaturated/α-hetero) is 1. The highest BCUT2D eigenvalue weighted by Crippen LogP contribution is 2.16. The SMILES string of the molecule is COc1ccc(NC(=O)[C@H](Br)C(C)=O)cc1. The number of hydrogen-bond donors (Lipinski definition) is 1. The number of rotatable bonds is 4. The Morgan fingerprint density at radius 2 is 1.88 bits per heavy atom. The highest BCUT2D eigenvalue weighted by Gasteiger charge is 2.19. The summed E-state index contributed by atoms with van der Waals surface area (Å²) in [6.45, 7) is 1.35. The molecule has 16 heavy (non-hydrogen) atoms. The number of carbonyl (C=O) groups excluding carboxylic acids is 2. The average molecular weight is 286 g/mol. The summed E-state index contributed by atoms with van der Waals surface area (Å²) in [6.07, 6.45) is 0. The van der Waals surface area contributed by atoms with E-state index in [-0.39, 0.29) is 11.7 Å². The van der Waals surface area contributed by atoms with Gasteiger partial charge in [0.2, 0.25) is 5.91 Å². The van der Waals surface area contributed by atoms with Gasteiger partial charge in [0.1, 0.15) is 5.75 Å². The van der Waals surface area contributed by atoms with Crippen LogP contribution in [0.15, 0.2) is 24.3 Å². The number of amides is 1. The van der Waals surface area contributed by atoms with Crippen LogP contribution in [0.1, 0.15) is 6.92 Å². The molecule has 86 valence electrons. The van der Waals surface area contributed by atoms with Crippen molar-refractivity contribution < 1.29 is 14.3 Å². The lowest BCUT2D eigenvalue weighted by Crippen LogP contribution is -2.28. The van der Waals surface area contributed by atoms with E-state index in [1.165, 1.54) is 6.92 Å². The number of carbonyl (C=O) groups is 2. The monoisotopic (exact) mass is 285 g/mol. The van der Waals surface area contributed by atoms with Crippen LogP contribution in [0.4, 0.5) is 5.69 Å². The van der Waals surface area contributed by atoms with Gasteiger partial charge in [-0.05, 0) is 31.2 Å². The van der Waals surface area contributed by atoms with E-state index in [4.69, 9.17) is 4.74 Å². The second-order valence-corrected chi connectivity index (χ2v) is 4.11. The predicted molar refractivity (Wildman–Crippen MR) is 65.0 cm³/mol. The lowest BCUT2D eigenvalue weighted by Gasteiger charge is -2.08. The van der Waals surface area contributed by atoms with E-state index < -0.39 is 4.83 Å². The number of anilines is 1. The molecular formula is C11H12BrNO3. The fourth-order valence-corrected chi connectivity index (χ4v) is 1.18. The normalized spacial score (nSPS) is 11.7. The van der Waals surface area contributed by atoms with Gasteiger partial charge >= 0.3 is 0 Å². The molecule has 0 heterocycles. The zero-order valence-corrected chi connectivity index (χ0v) is 10.6. The average Bonchev–Trinajstić information content (AvgIpc) is 2.28. The molecule has 0 aliphatic carbocycles. The third kappa shape index (κ3) is 3.34. The third-order valence-electron chi connectivity index (χ3n) is 1.94. The maximum Gasteiger partial charge on any atom is 0.245 e. The molecule has 0 spiro atoms. The maximum absolute atomic E-state index is 11.5. The summed E-state index contributed by atoms with van der Waals surface area (Å²) < 4.78 is 4.98. The molecule has 0 aliphatic rings. The Bertz CT molecular complexity index is 389. The first-order valence-corrected chi connectivity index (χ1v) is 5.55. The van der Waals surface area contributed by atoms with E-state index >= 15 is 0 Å². The van der Waals surface area contributed by atoms with Crippen molar-refractivity contribution in [1.82, 2.24) is 0 Å². The fourth-order valence-electron chi connectivity index (χ4n) is 1.06. The van der Waals surface area contributed by atoms with Crippen molar-refractivity contribution in [3.05, 3.63) is 24.3 Å². The Hall–Kier alpha value is -1.36. The fraction of sp³-hybridized carbons (Fsp3) is 0.273. The minimum Gasteiger partial charge on any atom is -0.497 e. The number of ether oxygens (including phenoxy) is 1. The van der Waals surface area contributed by atoms with Crippen molar-refractivity contribution in [3.63, 3.8) is 0 Å². The third-order valence-corrected chi connectivity index (χ3v) is 3.01. The summed E-state index contributed by atoms with van der Waals surface area (Å²) in [5, 5.41) is 2.61. The first-order valence-electron chi connectivity index (χ1n) is 4.64. The topological polar surface area (TPSA) is 55.4 Å². The lowest BCUT2D eigenvalue weighted by molar-refractivity contribution is -0.123. The number of alkyl halides is 1. The van der Waals surface area contributed by atoms with E-state index in [9.17, 15) is 9.59 Å². The van der Waals surface area contributed by atoms with Crippen LogP contribution in [0.2, 0.25) is 0 Å². The first kappa shape index (κ1) is 12.7. The molecule has 0 fully saturated rings. The van der Waals surface area contributed by atoms with E-state index in [2.05, 4.69) is 21.2 Å². The molecule has 1 atom stereocenters. The molecule has 0 saturated carbocycles. The highest BCUT2D eigenvalue weighted by molar-refractivity contribution is 9.10. The van der Waals surface area contributed by atoms with Crippen LogP contribution in [0.5, 0.6) is 5.75 Å². The van der Waals surface area contributed by atoms with Crippen LogP contribution < -0.4 is 10.1 Å². The van der Waals surface area contributed by atoms with Gasteiger partial charge in [-0.15, -0.1) is 0 Å². The summed E-state index contributed by atoms with van der Waals surface area (Å²) in [5.41, 5.74) is 0.622. The summed E-state index contributed by atoms with van der Waals surface area (Å²) in [6, 6.07) is 6.87. The van der Waals surface area contributed by atoms with E-state index in [1.54, 1.807) is 31.4 Å². The maximum atomic E-state index is 11.5. The summed E-state index contributed by atoms with van der Waals surface area (Å²) >= 11 is 3.01. The van der Waals surface area contributed by atoms with Crippen LogP contribution in [-0.2, 0) is 9.59 Å². The molecule has 1 rings (SSSR count). The van der Waals surface area contributed by atoms with Gasteiger partial charge in [-0.25, -0.2) is 0 Å². The molecule has 1 amide bonds. The van der Waals surface area contributed by atoms with Crippen LogP contribution in [0.3, 0.4) is 0 Å². The molecule has 0 saturated heterocycles. The number of benzene rings is 1. The largest absolute Gasteiger partial charge is 0.497 e. The molecule has 0 bridgehead atoms. The van der Waals surface area contributed by atoms with Crippen molar-refractivity contribution in [2.75, 3.05) is 12.4 Å². The van der Waals surface area contributed by atoms with Gasteiger partial charge in [0.05, 0.1) is 7.11 Å². The molecule has 1 N–H and O–H groups in total. The van der Waals surface area contributed by atoms with Gasteiger partial charge < -0.3 is 10.1 Å². The number of hydrogen-bond acceptors (Lipinski definition) is 3. The lowest BCUT2D eigenvalue weighted by atomic mass is 10.2. The van der Waals surface area contributed by atoms with Crippen molar-refractivity contribution in [1.29, 1.82) is 0 Å². The highest BCUT2D eigenvalue weighted by atomic mass is 79.9. The Labute approximate surface area is 102 Å². The molecule has 0 unspecified atom stereocenters. The zero-order chi connectivity index (χ0) is 12.1. The van der Waals surface area contributed by atoms with Gasteiger partial charge in [0.25, 0.3) is 0 Å². The minimum atomic E-state index is -0.811. The predicted octanol–water partition coefficient (Wildman–Crippen LogP) is 1.99. The van der Waals surface area contributed by atoms with E-state index in [0.717, 1.165) is 0 Å². The number of ketones is 1. The van der Waals surface area contributed by atoms with Gasteiger partial charge in [-0.2, -0.15) is 0 Å². The van der Waals surface area contributed by atoms with Gasteiger partial charge in [-0.3, -0.25) is 9.59 Å². The smallest absolute Gasteiger partial charge is 0.245 e.